The number of hydrogen-bond acceptors (Lipinski definition) is 4. The van der Waals surface area contributed by atoms with Crippen LogP contribution in [0.2, 0.25) is 0 Å². The topological polar surface area (TPSA) is 63.7 Å². The number of fused-ring (bicyclic) bond motifs is 1. The molecule has 5 nitrogen and oxygen atoms in total. The lowest BCUT2D eigenvalue weighted by molar-refractivity contribution is -0.145. The molecule has 1 aliphatic carbocycles. The SMILES string of the molecule is COC(=O)C1CCCC1S(=O)(=O)N1Cc2ccccc2C1. The zero-order valence-corrected chi connectivity index (χ0v) is 12.8. The number of esters is 1. The van der Waals surface area contributed by atoms with E-state index in [1.54, 1.807) is 0 Å². The Labute approximate surface area is 124 Å². The molecule has 1 aromatic carbocycles. The van der Waals surface area contributed by atoms with Crippen LogP contribution in [-0.2, 0) is 32.6 Å². The molecule has 2 unspecified atom stereocenters. The van der Waals surface area contributed by atoms with E-state index in [0.29, 0.717) is 25.9 Å². The van der Waals surface area contributed by atoms with Gasteiger partial charge >= 0.3 is 5.97 Å². The van der Waals surface area contributed by atoms with E-state index in [4.69, 9.17) is 4.74 Å². The van der Waals surface area contributed by atoms with Crippen molar-refractivity contribution in [2.75, 3.05) is 7.11 Å². The Morgan fingerprint density at radius 2 is 1.81 bits per heavy atom. The van der Waals surface area contributed by atoms with Gasteiger partial charge in [0.25, 0.3) is 0 Å². The lowest BCUT2D eigenvalue weighted by Crippen LogP contribution is -2.40. The first-order chi connectivity index (χ1) is 10.0. The van der Waals surface area contributed by atoms with Crippen LogP contribution in [0.25, 0.3) is 0 Å². The van der Waals surface area contributed by atoms with E-state index in [1.165, 1.54) is 11.4 Å². The first kappa shape index (κ1) is 14.5. The van der Waals surface area contributed by atoms with E-state index in [9.17, 15) is 13.2 Å². The molecular formula is C15H19NO4S. The smallest absolute Gasteiger partial charge is 0.310 e. The molecule has 0 amide bonds. The van der Waals surface area contributed by atoms with E-state index in [0.717, 1.165) is 17.5 Å². The summed E-state index contributed by atoms with van der Waals surface area (Å²) in [6.07, 6.45) is 1.89. The highest BCUT2D eigenvalue weighted by Crippen LogP contribution is 2.36. The van der Waals surface area contributed by atoms with Crippen LogP contribution >= 0.6 is 0 Å². The lowest BCUT2D eigenvalue weighted by Gasteiger charge is -2.24. The molecule has 0 aromatic heterocycles. The Morgan fingerprint density at radius 1 is 1.19 bits per heavy atom. The van der Waals surface area contributed by atoms with Gasteiger partial charge in [-0.25, -0.2) is 8.42 Å². The van der Waals surface area contributed by atoms with Crippen LogP contribution in [0.3, 0.4) is 0 Å². The molecule has 2 atom stereocenters. The second-order valence-electron chi connectivity index (χ2n) is 5.68. The van der Waals surface area contributed by atoms with Gasteiger partial charge in [0.1, 0.15) is 0 Å². The van der Waals surface area contributed by atoms with Crippen molar-refractivity contribution >= 4 is 16.0 Å². The lowest BCUT2D eigenvalue weighted by atomic mass is 10.1. The molecule has 21 heavy (non-hydrogen) atoms. The fourth-order valence-electron chi connectivity index (χ4n) is 3.38. The molecule has 0 bridgehead atoms. The average Bonchev–Trinajstić information content (AvgIpc) is 3.13. The summed E-state index contributed by atoms with van der Waals surface area (Å²) in [5, 5.41) is -0.640. The summed E-state index contributed by atoms with van der Waals surface area (Å²) in [6.45, 7) is 0.811. The first-order valence-electron chi connectivity index (χ1n) is 7.17. The van der Waals surface area contributed by atoms with E-state index in [-0.39, 0.29) is 0 Å². The molecule has 0 radical (unpaired) electrons. The number of carbonyl (C=O) groups is 1. The fraction of sp³-hybridized carbons (Fsp3) is 0.533. The molecular weight excluding hydrogens is 290 g/mol. The van der Waals surface area contributed by atoms with Crippen LogP contribution in [0.5, 0.6) is 0 Å². The number of ether oxygens (including phenoxy) is 1. The van der Waals surface area contributed by atoms with Crippen LogP contribution in [0.1, 0.15) is 30.4 Å². The van der Waals surface area contributed by atoms with Crippen LogP contribution in [0.15, 0.2) is 24.3 Å². The predicted molar refractivity (Wildman–Crippen MR) is 77.8 cm³/mol. The molecule has 1 saturated carbocycles. The summed E-state index contributed by atoms with van der Waals surface area (Å²) in [7, 11) is -2.16. The Morgan fingerprint density at radius 3 is 2.38 bits per heavy atom. The van der Waals surface area contributed by atoms with E-state index >= 15 is 0 Å². The molecule has 3 rings (SSSR count). The minimum Gasteiger partial charge on any atom is -0.469 e. The van der Waals surface area contributed by atoms with E-state index in [2.05, 4.69) is 0 Å². The largest absolute Gasteiger partial charge is 0.469 e. The van der Waals surface area contributed by atoms with Crippen molar-refractivity contribution in [1.82, 2.24) is 4.31 Å². The first-order valence-corrected chi connectivity index (χ1v) is 8.68. The number of hydrogen-bond donors (Lipinski definition) is 0. The van der Waals surface area contributed by atoms with Gasteiger partial charge in [0.05, 0.1) is 18.3 Å². The third-order valence-corrected chi connectivity index (χ3v) is 6.82. The van der Waals surface area contributed by atoms with Crippen molar-refractivity contribution < 1.29 is 17.9 Å². The number of methoxy groups -OCH3 is 1. The number of carbonyl (C=O) groups excluding carboxylic acids is 1. The maximum absolute atomic E-state index is 12.9. The third kappa shape index (κ3) is 2.46. The number of sulfonamides is 1. The highest BCUT2D eigenvalue weighted by Gasteiger charge is 2.45. The summed E-state index contributed by atoms with van der Waals surface area (Å²) < 4.78 is 32.0. The van der Waals surface area contributed by atoms with Gasteiger partial charge in [-0.2, -0.15) is 4.31 Å². The fourth-order valence-corrected chi connectivity index (χ4v) is 5.52. The minimum atomic E-state index is -3.48. The van der Waals surface area contributed by atoms with Gasteiger partial charge in [-0.1, -0.05) is 30.7 Å². The monoisotopic (exact) mass is 309 g/mol. The summed E-state index contributed by atoms with van der Waals surface area (Å²) in [6, 6.07) is 7.75. The highest BCUT2D eigenvalue weighted by molar-refractivity contribution is 7.89. The minimum absolute atomic E-state index is 0.405. The quantitative estimate of drug-likeness (QED) is 0.797. The normalized spacial score (nSPS) is 25.8. The van der Waals surface area contributed by atoms with Crippen LogP contribution in [-0.4, -0.2) is 31.1 Å². The summed E-state index contributed by atoms with van der Waals surface area (Å²) in [5.41, 5.74) is 2.10. The summed E-state index contributed by atoms with van der Waals surface area (Å²) in [4.78, 5) is 11.8. The Bertz CT molecular complexity index is 630. The van der Waals surface area contributed by atoms with E-state index in [1.807, 2.05) is 24.3 Å². The van der Waals surface area contributed by atoms with Crippen molar-refractivity contribution in [3.05, 3.63) is 35.4 Å². The molecule has 0 spiro atoms. The van der Waals surface area contributed by atoms with Crippen molar-refractivity contribution in [2.45, 2.75) is 37.6 Å². The number of benzene rings is 1. The van der Waals surface area contributed by atoms with Crippen molar-refractivity contribution in [3.63, 3.8) is 0 Å². The number of nitrogens with zero attached hydrogens (tertiary/aromatic N) is 1. The Balaban J connectivity index is 1.84. The van der Waals surface area contributed by atoms with Crippen molar-refractivity contribution in [2.24, 2.45) is 5.92 Å². The van der Waals surface area contributed by atoms with Crippen molar-refractivity contribution in [1.29, 1.82) is 0 Å². The van der Waals surface area contributed by atoms with Gasteiger partial charge in [-0.3, -0.25) is 4.79 Å². The third-order valence-electron chi connectivity index (χ3n) is 4.51. The van der Waals surface area contributed by atoms with Crippen LogP contribution in [0, 0.1) is 5.92 Å². The van der Waals surface area contributed by atoms with Crippen molar-refractivity contribution in [3.8, 4) is 0 Å². The summed E-state index contributed by atoms with van der Waals surface area (Å²) in [5.74, 6) is -0.929. The van der Waals surface area contributed by atoms with Gasteiger partial charge in [0, 0.05) is 13.1 Å². The molecule has 2 aliphatic rings. The molecule has 6 heteroatoms. The second-order valence-corrected chi connectivity index (χ2v) is 7.83. The highest BCUT2D eigenvalue weighted by atomic mass is 32.2. The Kier molecular flexibility index (Phi) is 3.75. The molecule has 1 heterocycles. The maximum Gasteiger partial charge on any atom is 0.310 e. The molecule has 0 N–H and O–H groups in total. The van der Waals surface area contributed by atoms with E-state index < -0.39 is 27.2 Å². The van der Waals surface area contributed by atoms with Crippen LogP contribution in [0.4, 0.5) is 0 Å². The molecule has 1 fully saturated rings. The average molecular weight is 309 g/mol. The summed E-state index contributed by atoms with van der Waals surface area (Å²) >= 11 is 0. The molecule has 1 aromatic rings. The standard InChI is InChI=1S/C15H19NO4S/c1-20-15(17)13-7-4-8-14(13)21(18,19)16-9-11-5-2-3-6-12(11)10-16/h2-3,5-6,13-14H,4,7-10H2,1H3. The van der Waals surface area contributed by atoms with Crippen LogP contribution < -0.4 is 0 Å². The maximum atomic E-state index is 12.9. The van der Waals surface area contributed by atoms with Gasteiger partial charge < -0.3 is 4.74 Å². The predicted octanol–water partition coefficient (Wildman–Crippen LogP) is 1.67. The molecule has 1 aliphatic heterocycles. The van der Waals surface area contributed by atoms with Gasteiger partial charge in [-0.05, 0) is 24.0 Å². The van der Waals surface area contributed by atoms with Gasteiger partial charge in [-0.15, -0.1) is 0 Å². The zero-order valence-electron chi connectivity index (χ0n) is 12.0. The Hall–Kier alpha value is -1.40. The van der Waals surface area contributed by atoms with Gasteiger partial charge in [0.15, 0.2) is 0 Å². The number of rotatable bonds is 3. The second kappa shape index (κ2) is 5.42. The zero-order chi connectivity index (χ0) is 15.0. The van der Waals surface area contributed by atoms with Gasteiger partial charge in [0.2, 0.25) is 10.0 Å². The molecule has 0 saturated heterocycles. The molecule has 114 valence electrons.